The van der Waals surface area contributed by atoms with Gasteiger partial charge in [0.1, 0.15) is 6.04 Å². The van der Waals surface area contributed by atoms with Crippen molar-refractivity contribution in [2.75, 3.05) is 5.32 Å². The summed E-state index contributed by atoms with van der Waals surface area (Å²) in [5, 5.41) is 15.3. The Kier molecular flexibility index (Phi) is 6.48. The molecule has 0 saturated carbocycles. The molecule has 0 aliphatic carbocycles. The van der Waals surface area contributed by atoms with Crippen molar-refractivity contribution < 1.29 is 19.6 Å². The van der Waals surface area contributed by atoms with Gasteiger partial charge in [0.25, 0.3) is 5.91 Å². The molecule has 3 amide bonds. The smallest absolute Gasteiger partial charge is 0.274 e. The summed E-state index contributed by atoms with van der Waals surface area (Å²) in [5.41, 5.74) is 4.15. The number of hydrogen-bond acceptors (Lipinski definition) is 4. The van der Waals surface area contributed by atoms with Gasteiger partial charge in [0.2, 0.25) is 11.8 Å². The van der Waals surface area contributed by atoms with E-state index in [1.54, 1.807) is 31.5 Å². The van der Waals surface area contributed by atoms with Crippen LogP contribution in [0.15, 0.2) is 54.7 Å². The largest absolute Gasteiger partial charge is 0.361 e. The average molecular weight is 408 g/mol. The lowest BCUT2D eigenvalue weighted by Gasteiger charge is -2.20. The van der Waals surface area contributed by atoms with E-state index in [-0.39, 0.29) is 23.3 Å². The molecule has 0 fully saturated rings. The molecule has 1 aromatic heterocycles. The number of H-pyrrole nitrogens is 1. The molecule has 0 radical (unpaired) electrons. The van der Waals surface area contributed by atoms with Crippen LogP contribution in [0.4, 0.5) is 5.69 Å². The number of para-hydroxylation sites is 1. The lowest BCUT2D eigenvalue weighted by Crippen LogP contribution is -2.46. The maximum atomic E-state index is 13.0. The second-order valence-corrected chi connectivity index (χ2v) is 7.29. The summed E-state index contributed by atoms with van der Waals surface area (Å²) < 4.78 is 0. The number of rotatable bonds is 7. The van der Waals surface area contributed by atoms with Gasteiger partial charge < -0.3 is 15.6 Å². The number of benzene rings is 2. The lowest BCUT2D eigenvalue weighted by atomic mass is 10.0. The second-order valence-electron chi connectivity index (χ2n) is 7.29. The van der Waals surface area contributed by atoms with Crippen molar-refractivity contribution in [2.45, 2.75) is 26.3 Å². The van der Waals surface area contributed by atoms with Gasteiger partial charge in [-0.25, -0.2) is 5.48 Å². The van der Waals surface area contributed by atoms with Crippen molar-refractivity contribution in [3.63, 3.8) is 0 Å². The SMILES string of the molecule is CC(C)C(=O)N[C@@H](Cc1c[nH]c2ccccc12)C(=O)Nc1ccc(C(=O)NO)cc1. The lowest BCUT2D eigenvalue weighted by molar-refractivity contribution is -0.128. The minimum Gasteiger partial charge on any atom is -0.361 e. The van der Waals surface area contributed by atoms with E-state index < -0.39 is 11.9 Å². The fourth-order valence-electron chi connectivity index (χ4n) is 3.07. The van der Waals surface area contributed by atoms with Crippen LogP contribution in [0.5, 0.6) is 0 Å². The van der Waals surface area contributed by atoms with Gasteiger partial charge in [-0.1, -0.05) is 32.0 Å². The molecule has 2 aromatic carbocycles. The van der Waals surface area contributed by atoms with Crippen LogP contribution in [0, 0.1) is 5.92 Å². The van der Waals surface area contributed by atoms with Crippen LogP contribution in [0.25, 0.3) is 10.9 Å². The van der Waals surface area contributed by atoms with E-state index in [9.17, 15) is 14.4 Å². The van der Waals surface area contributed by atoms with E-state index in [1.165, 1.54) is 12.1 Å². The summed E-state index contributed by atoms with van der Waals surface area (Å²) in [6, 6.07) is 13.0. The second kappa shape index (κ2) is 9.23. The molecule has 0 saturated heterocycles. The Hall–Kier alpha value is -3.65. The molecule has 1 atom stereocenters. The van der Waals surface area contributed by atoms with E-state index in [1.807, 2.05) is 30.5 Å². The van der Waals surface area contributed by atoms with E-state index in [4.69, 9.17) is 5.21 Å². The van der Waals surface area contributed by atoms with Gasteiger partial charge in [0.05, 0.1) is 0 Å². The number of hydroxylamine groups is 1. The zero-order valence-electron chi connectivity index (χ0n) is 16.7. The average Bonchev–Trinajstić information content (AvgIpc) is 3.16. The first-order valence-corrected chi connectivity index (χ1v) is 9.59. The number of anilines is 1. The molecule has 1 heterocycles. The third-order valence-corrected chi connectivity index (χ3v) is 4.77. The number of aromatic nitrogens is 1. The van der Waals surface area contributed by atoms with Crippen LogP contribution in [0.1, 0.15) is 29.8 Å². The van der Waals surface area contributed by atoms with Gasteiger partial charge >= 0.3 is 0 Å². The quantitative estimate of drug-likeness (QED) is 0.304. The molecule has 5 N–H and O–H groups in total. The summed E-state index contributed by atoms with van der Waals surface area (Å²) in [7, 11) is 0. The van der Waals surface area contributed by atoms with Gasteiger partial charge in [0, 0.05) is 40.7 Å². The zero-order chi connectivity index (χ0) is 21.7. The number of carbonyl (C=O) groups excluding carboxylic acids is 3. The molecule has 0 spiro atoms. The topological polar surface area (TPSA) is 123 Å². The molecule has 30 heavy (non-hydrogen) atoms. The first-order valence-electron chi connectivity index (χ1n) is 9.59. The summed E-state index contributed by atoms with van der Waals surface area (Å²) in [4.78, 5) is 39.8. The molecule has 8 nitrogen and oxygen atoms in total. The Balaban J connectivity index is 1.79. The molecule has 3 aromatic rings. The third kappa shape index (κ3) is 4.84. The van der Waals surface area contributed by atoms with Crippen LogP contribution in [-0.4, -0.2) is 34.0 Å². The molecular weight excluding hydrogens is 384 g/mol. The molecule has 0 unspecified atom stereocenters. The molecule has 156 valence electrons. The summed E-state index contributed by atoms with van der Waals surface area (Å²) >= 11 is 0. The van der Waals surface area contributed by atoms with Crippen molar-refractivity contribution in [1.29, 1.82) is 0 Å². The van der Waals surface area contributed by atoms with Gasteiger partial charge in [0.15, 0.2) is 0 Å². The molecular formula is C22H24N4O4. The van der Waals surface area contributed by atoms with E-state index in [0.717, 1.165) is 16.5 Å². The van der Waals surface area contributed by atoms with Gasteiger partial charge in [-0.3, -0.25) is 19.6 Å². The Bertz CT molecular complexity index is 1060. The maximum Gasteiger partial charge on any atom is 0.274 e. The molecule has 8 heteroatoms. The van der Waals surface area contributed by atoms with E-state index in [2.05, 4.69) is 15.6 Å². The Morgan fingerprint density at radius 3 is 2.37 bits per heavy atom. The Morgan fingerprint density at radius 1 is 1.00 bits per heavy atom. The normalized spacial score (nSPS) is 11.9. The minimum absolute atomic E-state index is 0.218. The number of nitrogens with one attached hydrogen (secondary N) is 4. The highest BCUT2D eigenvalue weighted by Gasteiger charge is 2.24. The van der Waals surface area contributed by atoms with Crippen molar-refractivity contribution in [3.8, 4) is 0 Å². The first kappa shape index (κ1) is 21.1. The van der Waals surface area contributed by atoms with Gasteiger partial charge in [-0.05, 0) is 35.9 Å². The predicted octanol–water partition coefficient (Wildman–Crippen LogP) is 2.61. The van der Waals surface area contributed by atoms with Gasteiger partial charge in [-0.15, -0.1) is 0 Å². The first-order chi connectivity index (χ1) is 14.4. The Labute approximate surface area is 173 Å². The van der Waals surface area contributed by atoms with Crippen molar-refractivity contribution in [1.82, 2.24) is 15.8 Å². The van der Waals surface area contributed by atoms with Crippen LogP contribution in [-0.2, 0) is 16.0 Å². The highest BCUT2D eigenvalue weighted by atomic mass is 16.5. The highest BCUT2D eigenvalue weighted by molar-refractivity contribution is 5.99. The van der Waals surface area contributed by atoms with Crippen LogP contribution in [0.3, 0.4) is 0 Å². The van der Waals surface area contributed by atoms with Crippen LogP contribution >= 0.6 is 0 Å². The number of aromatic amines is 1. The highest BCUT2D eigenvalue weighted by Crippen LogP contribution is 2.20. The van der Waals surface area contributed by atoms with Crippen molar-refractivity contribution >= 4 is 34.3 Å². The minimum atomic E-state index is -0.778. The van der Waals surface area contributed by atoms with Crippen molar-refractivity contribution in [2.24, 2.45) is 5.92 Å². The monoisotopic (exact) mass is 408 g/mol. The van der Waals surface area contributed by atoms with Crippen molar-refractivity contribution in [3.05, 3.63) is 65.9 Å². The number of amides is 3. The fourth-order valence-corrected chi connectivity index (χ4v) is 3.07. The predicted molar refractivity (Wildman–Crippen MR) is 113 cm³/mol. The number of carbonyl (C=O) groups is 3. The van der Waals surface area contributed by atoms with Crippen LogP contribution in [0.2, 0.25) is 0 Å². The third-order valence-electron chi connectivity index (χ3n) is 4.77. The summed E-state index contributed by atoms with van der Waals surface area (Å²) in [6.07, 6.45) is 2.16. The number of fused-ring (bicyclic) bond motifs is 1. The summed E-state index contributed by atoms with van der Waals surface area (Å²) in [6.45, 7) is 3.53. The fraction of sp³-hybridized carbons (Fsp3) is 0.227. The standard InChI is InChI=1S/C22H24N4O4/c1-13(2)20(27)25-19(11-15-12-23-18-6-4-3-5-17(15)18)22(29)24-16-9-7-14(8-10-16)21(28)26-30/h3-10,12-13,19,23,30H,11H2,1-2H3,(H,24,29)(H,25,27)(H,26,28)/t19-/m0/s1. The van der Waals surface area contributed by atoms with Gasteiger partial charge in [-0.2, -0.15) is 0 Å². The zero-order valence-corrected chi connectivity index (χ0v) is 16.7. The number of hydrogen-bond donors (Lipinski definition) is 5. The Morgan fingerprint density at radius 2 is 1.70 bits per heavy atom. The maximum absolute atomic E-state index is 13.0. The molecule has 0 bridgehead atoms. The molecule has 0 aliphatic heterocycles. The summed E-state index contributed by atoms with van der Waals surface area (Å²) in [5.74, 6) is -1.49. The molecule has 0 aliphatic rings. The van der Waals surface area contributed by atoms with E-state index in [0.29, 0.717) is 12.1 Å². The van der Waals surface area contributed by atoms with E-state index >= 15 is 0 Å². The van der Waals surface area contributed by atoms with Crippen LogP contribution < -0.4 is 16.1 Å². The molecule has 3 rings (SSSR count).